The van der Waals surface area contributed by atoms with Crippen molar-refractivity contribution in [3.05, 3.63) is 12.2 Å². The molecule has 1 unspecified atom stereocenters. The first-order valence-corrected chi connectivity index (χ1v) is 9.12. The van der Waals surface area contributed by atoms with E-state index in [0.717, 1.165) is 12.8 Å². The summed E-state index contributed by atoms with van der Waals surface area (Å²) in [5.41, 5.74) is 0.328. The van der Waals surface area contributed by atoms with Crippen molar-refractivity contribution in [2.75, 3.05) is 0 Å². The average molecular weight is 312 g/mol. The van der Waals surface area contributed by atoms with Crippen molar-refractivity contribution < 1.29 is 14.6 Å². The molecular weight excluding hydrogens is 276 g/mol. The molecule has 0 spiro atoms. The van der Waals surface area contributed by atoms with Crippen LogP contribution in [0.5, 0.6) is 0 Å². The van der Waals surface area contributed by atoms with Crippen molar-refractivity contribution >= 4 is 5.97 Å². The summed E-state index contributed by atoms with van der Waals surface area (Å²) in [6.07, 6.45) is 15.0. The Labute approximate surface area is 137 Å². The summed E-state index contributed by atoms with van der Waals surface area (Å²) < 4.78 is 4.83. The Morgan fingerprint density at radius 2 is 1.32 bits per heavy atom. The fourth-order valence-electron chi connectivity index (χ4n) is 2.44. The van der Waals surface area contributed by atoms with Crippen LogP contribution in [0.25, 0.3) is 0 Å². The van der Waals surface area contributed by atoms with Crippen LogP contribution >= 0.6 is 0 Å². The molecule has 0 saturated heterocycles. The minimum Gasteiger partial charge on any atom is -0.433 e. The van der Waals surface area contributed by atoms with E-state index >= 15 is 0 Å². The van der Waals surface area contributed by atoms with Crippen LogP contribution in [0, 0.1) is 0 Å². The van der Waals surface area contributed by atoms with Crippen molar-refractivity contribution in [2.24, 2.45) is 0 Å². The summed E-state index contributed by atoms with van der Waals surface area (Å²) in [5.74, 6) is -0.508. The van der Waals surface area contributed by atoms with Gasteiger partial charge in [0.15, 0.2) is 0 Å². The summed E-state index contributed by atoms with van der Waals surface area (Å²) in [6.45, 7) is 7.32. The van der Waals surface area contributed by atoms with Gasteiger partial charge in [0.1, 0.15) is 0 Å². The maximum atomic E-state index is 11.2. The lowest BCUT2D eigenvalue weighted by molar-refractivity contribution is -0.163. The first-order valence-electron chi connectivity index (χ1n) is 9.12. The maximum absolute atomic E-state index is 11.2. The van der Waals surface area contributed by atoms with E-state index in [4.69, 9.17) is 4.74 Å². The predicted octanol–water partition coefficient (Wildman–Crippen LogP) is 5.52. The first-order chi connectivity index (χ1) is 10.6. The van der Waals surface area contributed by atoms with Crippen LogP contribution in [0.4, 0.5) is 0 Å². The number of carbonyl (C=O) groups is 1. The molecule has 3 heteroatoms. The Balaban J connectivity index is 3.23. The van der Waals surface area contributed by atoms with Crippen LogP contribution in [0.15, 0.2) is 12.2 Å². The summed E-state index contributed by atoms with van der Waals surface area (Å²) in [5, 5.41) is 9.55. The van der Waals surface area contributed by atoms with E-state index in [2.05, 4.69) is 13.5 Å². The van der Waals surface area contributed by atoms with Crippen LogP contribution in [0.2, 0.25) is 0 Å². The van der Waals surface area contributed by atoms with Gasteiger partial charge in [-0.3, -0.25) is 0 Å². The molecule has 1 N–H and O–H groups in total. The zero-order valence-corrected chi connectivity index (χ0v) is 14.7. The monoisotopic (exact) mass is 312 g/mol. The fraction of sp³-hybridized carbons (Fsp3) is 0.842. The molecule has 0 heterocycles. The Bertz CT molecular complexity index is 286. The van der Waals surface area contributed by atoms with Gasteiger partial charge in [0.2, 0.25) is 6.29 Å². The smallest absolute Gasteiger partial charge is 0.335 e. The summed E-state index contributed by atoms with van der Waals surface area (Å²) in [6, 6.07) is 0. The highest BCUT2D eigenvalue weighted by atomic mass is 16.6. The van der Waals surface area contributed by atoms with Crippen molar-refractivity contribution in [1.29, 1.82) is 0 Å². The number of hydrogen-bond acceptors (Lipinski definition) is 3. The second-order valence-corrected chi connectivity index (χ2v) is 6.32. The highest BCUT2D eigenvalue weighted by Crippen LogP contribution is 2.13. The van der Waals surface area contributed by atoms with Gasteiger partial charge in [-0.15, -0.1) is 0 Å². The largest absolute Gasteiger partial charge is 0.433 e. The van der Waals surface area contributed by atoms with Gasteiger partial charge < -0.3 is 9.84 Å². The third kappa shape index (κ3) is 14.1. The molecule has 1 atom stereocenters. The lowest BCUT2D eigenvalue weighted by Crippen LogP contribution is -2.17. The molecular formula is C19H36O3. The molecule has 0 aromatic heterocycles. The van der Waals surface area contributed by atoms with Crippen molar-refractivity contribution in [3.63, 3.8) is 0 Å². The fourth-order valence-corrected chi connectivity index (χ4v) is 2.44. The van der Waals surface area contributed by atoms with Crippen molar-refractivity contribution in [2.45, 2.75) is 104 Å². The molecule has 130 valence electrons. The Kier molecular flexibility index (Phi) is 14.5. The van der Waals surface area contributed by atoms with Gasteiger partial charge in [-0.25, -0.2) is 4.79 Å². The van der Waals surface area contributed by atoms with E-state index in [0.29, 0.717) is 12.0 Å². The summed E-state index contributed by atoms with van der Waals surface area (Å²) >= 11 is 0. The van der Waals surface area contributed by atoms with E-state index in [-0.39, 0.29) is 0 Å². The number of rotatable bonds is 15. The van der Waals surface area contributed by atoms with E-state index < -0.39 is 12.3 Å². The number of aliphatic hydroxyl groups excluding tert-OH is 1. The second-order valence-electron chi connectivity index (χ2n) is 6.32. The summed E-state index contributed by atoms with van der Waals surface area (Å²) in [4.78, 5) is 11.2. The predicted molar refractivity (Wildman–Crippen MR) is 92.6 cm³/mol. The molecule has 0 radical (unpaired) electrons. The average Bonchev–Trinajstić information content (AvgIpc) is 2.48. The van der Waals surface area contributed by atoms with Crippen LogP contribution in [0.1, 0.15) is 97.3 Å². The van der Waals surface area contributed by atoms with E-state index in [1.165, 1.54) is 64.2 Å². The van der Waals surface area contributed by atoms with Crippen molar-refractivity contribution in [1.82, 2.24) is 0 Å². The maximum Gasteiger partial charge on any atom is 0.335 e. The van der Waals surface area contributed by atoms with Crippen LogP contribution in [-0.2, 0) is 9.53 Å². The molecule has 0 aliphatic heterocycles. The van der Waals surface area contributed by atoms with Gasteiger partial charge in [0, 0.05) is 12.0 Å². The van der Waals surface area contributed by atoms with Gasteiger partial charge in [-0.05, 0) is 13.3 Å². The third-order valence-corrected chi connectivity index (χ3v) is 3.90. The first kappa shape index (κ1) is 21.2. The zero-order chi connectivity index (χ0) is 16.6. The lowest BCUT2D eigenvalue weighted by Gasteiger charge is -2.11. The number of carbonyl (C=O) groups excluding carboxylic acids is 1. The number of esters is 1. The number of ether oxygens (including phenoxy) is 1. The Morgan fingerprint density at radius 1 is 0.909 bits per heavy atom. The van der Waals surface area contributed by atoms with E-state index in [1.807, 2.05) is 0 Å². The minimum absolute atomic E-state index is 0.328. The number of hydrogen-bond donors (Lipinski definition) is 1. The zero-order valence-electron chi connectivity index (χ0n) is 14.7. The van der Waals surface area contributed by atoms with Crippen LogP contribution in [-0.4, -0.2) is 17.4 Å². The summed E-state index contributed by atoms with van der Waals surface area (Å²) in [7, 11) is 0. The number of aliphatic hydroxyl groups is 1. The lowest BCUT2D eigenvalue weighted by atomic mass is 10.0. The van der Waals surface area contributed by atoms with Crippen molar-refractivity contribution in [3.8, 4) is 0 Å². The Hall–Kier alpha value is -0.830. The SMILES string of the molecule is C=C(C)C(=O)OC(O)CCCCCCCCCCCCCC. The molecule has 0 aromatic rings. The minimum atomic E-state index is -0.979. The standard InChI is InChI=1S/C19H36O3/c1-4-5-6-7-8-9-10-11-12-13-14-15-16-18(20)22-19(21)17(2)3/h18,20H,2,4-16H2,1,3H3. The van der Waals surface area contributed by atoms with Gasteiger partial charge in [-0.1, -0.05) is 84.1 Å². The van der Waals surface area contributed by atoms with Gasteiger partial charge in [0.05, 0.1) is 0 Å². The highest BCUT2D eigenvalue weighted by Gasteiger charge is 2.10. The third-order valence-electron chi connectivity index (χ3n) is 3.90. The second kappa shape index (κ2) is 15.1. The molecule has 0 rings (SSSR count). The van der Waals surface area contributed by atoms with Gasteiger partial charge >= 0.3 is 5.97 Å². The molecule has 0 aliphatic carbocycles. The topological polar surface area (TPSA) is 46.5 Å². The molecule has 0 fully saturated rings. The normalized spacial score (nSPS) is 12.1. The molecule has 0 amide bonds. The molecule has 0 aromatic carbocycles. The molecule has 3 nitrogen and oxygen atoms in total. The van der Waals surface area contributed by atoms with Gasteiger partial charge in [-0.2, -0.15) is 0 Å². The molecule has 0 saturated carbocycles. The van der Waals surface area contributed by atoms with Gasteiger partial charge in [0.25, 0.3) is 0 Å². The van der Waals surface area contributed by atoms with E-state index in [9.17, 15) is 9.90 Å². The molecule has 0 aliphatic rings. The Morgan fingerprint density at radius 3 is 1.73 bits per heavy atom. The highest BCUT2D eigenvalue weighted by molar-refractivity contribution is 5.86. The van der Waals surface area contributed by atoms with E-state index in [1.54, 1.807) is 6.92 Å². The number of unbranched alkanes of at least 4 members (excludes halogenated alkanes) is 11. The molecule has 0 bridgehead atoms. The quantitative estimate of drug-likeness (QED) is 0.187. The molecule has 22 heavy (non-hydrogen) atoms. The van der Waals surface area contributed by atoms with Crippen LogP contribution in [0.3, 0.4) is 0 Å². The van der Waals surface area contributed by atoms with Crippen LogP contribution < -0.4 is 0 Å².